The Morgan fingerprint density at radius 3 is 2.32 bits per heavy atom. The van der Waals surface area contributed by atoms with Gasteiger partial charge < -0.3 is 19.7 Å². The molecule has 3 spiro atoms. The maximum Gasteiger partial charge on any atom is 0.303 e. The van der Waals surface area contributed by atoms with E-state index in [9.17, 15) is 15.0 Å². The first-order valence-electron chi connectivity index (χ1n) is 15.8. The van der Waals surface area contributed by atoms with E-state index in [-0.39, 0.29) is 40.3 Å². The van der Waals surface area contributed by atoms with Crippen LogP contribution in [0.4, 0.5) is 0 Å². The summed E-state index contributed by atoms with van der Waals surface area (Å²) in [6, 6.07) is 0. The number of carbonyl (C=O) groups excluding carboxylic acids is 1. The van der Waals surface area contributed by atoms with Gasteiger partial charge in [0, 0.05) is 18.3 Å². The molecule has 2 heterocycles. The van der Waals surface area contributed by atoms with Gasteiger partial charge in [0.1, 0.15) is 5.60 Å². The highest BCUT2D eigenvalue weighted by molar-refractivity contribution is 5.66. The molecule has 5 nitrogen and oxygen atoms in total. The number of aliphatic hydroxyl groups excluding tert-OH is 2. The van der Waals surface area contributed by atoms with Crippen molar-refractivity contribution in [3.05, 3.63) is 0 Å². The van der Waals surface area contributed by atoms with Crippen LogP contribution in [0, 0.1) is 56.7 Å². The van der Waals surface area contributed by atoms with Crippen molar-refractivity contribution in [1.82, 2.24) is 0 Å². The molecule has 2 bridgehead atoms. The third kappa shape index (κ3) is 2.61. The molecule has 0 aromatic rings. The molecule has 0 radical (unpaired) electrons. The lowest BCUT2D eigenvalue weighted by Crippen LogP contribution is -2.60. The second-order valence-electron chi connectivity index (χ2n) is 17.0. The fourth-order valence-corrected chi connectivity index (χ4v) is 13.9. The highest BCUT2D eigenvalue weighted by atomic mass is 16.6. The van der Waals surface area contributed by atoms with Crippen LogP contribution in [0.25, 0.3) is 0 Å². The smallest absolute Gasteiger partial charge is 0.303 e. The highest BCUT2D eigenvalue weighted by Gasteiger charge is 2.87. The van der Waals surface area contributed by atoms with Crippen LogP contribution >= 0.6 is 0 Å². The van der Waals surface area contributed by atoms with Gasteiger partial charge in [-0.1, -0.05) is 34.6 Å². The number of hydrogen-bond donors (Lipinski definition) is 2. The van der Waals surface area contributed by atoms with E-state index in [0.29, 0.717) is 34.5 Å². The van der Waals surface area contributed by atoms with Crippen molar-refractivity contribution in [3.63, 3.8) is 0 Å². The number of hydrogen-bond acceptors (Lipinski definition) is 5. The van der Waals surface area contributed by atoms with Gasteiger partial charge in [0.15, 0.2) is 0 Å². The van der Waals surface area contributed by atoms with Gasteiger partial charge in [-0.05, 0) is 117 Å². The minimum Gasteiger partial charge on any atom is -0.459 e. The van der Waals surface area contributed by atoms with Crippen LogP contribution in [0.2, 0.25) is 0 Å². The monoisotopic (exact) mass is 528 g/mol. The Morgan fingerprint density at radius 1 is 0.974 bits per heavy atom. The minimum absolute atomic E-state index is 0.0213. The predicted octanol–water partition coefficient (Wildman–Crippen LogP) is 5.89. The fourth-order valence-electron chi connectivity index (χ4n) is 13.9. The molecule has 5 aliphatic carbocycles. The normalized spacial score (nSPS) is 59.6. The molecule has 13 atom stereocenters. The van der Waals surface area contributed by atoms with Gasteiger partial charge in [-0.15, -0.1) is 0 Å². The van der Waals surface area contributed by atoms with Gasteiger partial charge in [-0.25, -0.2) is 0 Å². The van der Waals surface area contributed by atoms with Crippen LogP contribution in [0.5, 0.6) is 0 Å². The molecule has 38 heavy (non-hydrogen) atoms. The molecule has 0 aromatic heterocycles. The molecule has 0 amide bonds. The number of carbonyl (C=O) groups is 1. The Bertz CT molecular complexity index is 1070. The predicted molar refractivity (Wildman–Crippen MR) is 145 cm³/mol. The topological polar surface area (TPSA) is 76.0 Å². The van der Waals surface area contributed by atoms with Gasteiger partial charge in [-0.3, -0.25) is 4.79 Å². The Kier molecular flexibility index (Phi) is 4.99. The molecule has 2 saturated heterocycles. The minimum atomic E-state index is -0.613. The Morgan fingerprint density at radius 2 is 1.63 bits per heavy atom. The largest absolute Gasteiger partial charge is 0.459 e. The van der Waals surface area contributed by atoms with Gasteiger partial charge in [0.05, 0.1) is 23.9 Å². The Labute approximate surface area is 229 Å². The van der Waals surface area contributed by atoms with Crippen LogP contribution < -0.4 is 0 Å². The van der Waals surface area contributed by atoms with Crippen molar-refractivity contribution in [2.24, 2.45) is 56.7 Å². The zero-order valence-electron chi connectivity index (χ0n) is 25.1. The lowest BCUT2D eigenvalue weighted by Gasteiger charge is -2.63. The quantitative estimate of drug-likeness (QED) is 0.437. The molecular weight excluding hydrogens is 476 g/mol. The summed E-state index contributed by atoms with van der Waals surface area (Å²) >= 11 is 0. The number of fused-ring (bicyclic) bond motifs is 4. The van der Waals surface area contributed by atoms with Crippen molar-refractivity contribution >= 4 is 5.97 Å². The van der Waals surface area contributed by atoms with Crippen LogP contribution in [0.15, 0.2) is 0 Å². The summed E-state index contributed by atoms with van der Waals surface area (Å²) in [6.45, 7) is 17.6. The molecule has 7 rings (SSSR count). The Balaban J connectivity index is 1.30. The van der Waals surface area contributed by atoms with Gasteiger partial charge in [0.25, 0.3) is 0 Å². The molecule has 5 saturated carbocycles. The summed E-state index contributed by atoms with van der Waals surface area (Å²) in [4.78, 5) is 12.0. The van der Waals surface area contributed by atoms with Crippen LogP contribution in [-0.2, 0) is 14.3 Å². The summed E-state index contributed by atoms with van der Waals surface area (Å²) < 4.78 is 13.0. The first-order chi connectivity index (χ1) is 17.5. The SMILES string of the molecule is CC(=O)OC(C)(C)[C@H]1C[C@@]23O[C@@H]1C[C@@H](C)[C@@H]2[C@@]1(C)CC[C@@]24C[C@@]25CC[C@H](O)C(C)(C)[C@H]5CC[C@H]4[C@@]1(C)[C@@H]3O. The van der Waals surface area contributed by atoms with E-state index in [1.54, 1.807) is 0 Å². The van der Waals surface area contributed by atoms with E-state index in [4.69, 9.17) is 9.47 Å². The highest BCUT2D eigenvalue weighted by Crippen LogP contribution is 2.90. The lowest BCUT2D eigenvalue weighted by atomic mass is 9.41. The molecule has 5 heteroatoms. The maximum absolute atomic E-state index is 12.7. The molecule has 7 aliphatic rings. The molecule has 2 aliphatic heterocycles. The molecular formula is C33H52O5. The Hall–Kier alpha value is -0.650. The van der Waals surface area contributed by atoms with E-state index in [1.807, 2.05) is 13.8 Å². The molecule has 2 N–H and O–H groups in total. The maximum atomic E-state index is 12.7. The van der Waals surface area contributed by atoms with Crippen molar-refractivity contribution in [1.29, 1.82) is 0 Å². The van der Waals surface area contributed by atoms with E-state index < -0.39 is 17.3 Å². The second kappa shape index (κ2) is 7.21. The fraction of sp³-hybridized carbons (Fsp3) is 0.970. The number of ether oxygens (including phenoxy) is 2. The lowest BCUT2D eigenvalue weighted by molar-refractivity contribution is -0.191. The van der Waals surface area contributed by atoms with Crippen molar-refractivity contribution in [2.75, 3.05) is 0 Å². The standard InChI is InChI=1S/C33H52O5/c1-18-15-21-20(28(5,6)37-19(2)34)16-33(38-21)25(18)29(7)13-14-32-17-31(32)12-11-24(35)27(3,4)22(31)9-10-23(32)30(29,8)26(33)36/h18,20-26,35-36H,9-17H2,1-8H3/t18-,20+,21-,22-,23+,24+,25-,26+,29-,30+,31-,32+,33-/m1/s1. The van der Waals surface area contributed by atoms with Gasteiger partial charge in [0.2, 0.25) is 0 Å². The van der Waals surface area contributed by atoms with Gasteiger partial charge >= 0.3 is 5.97 Å². The summed E-state index contributed by atoms with van der Waals surface area (Å²) in [5, 5.41) is 23.7. The van der Waals surface area contributed by atoms with Crippen molar-refractivity contribution in [3.8, 4) is 0 Å². The summed E-state index contributed by atoms with van der Waals surface area (Å²) in [6.07, 6.45) is 9.23. The molecule has 0 aromatic carbocycles. The van der Waals surface area contributed by atoms with Crippen LogP contribution in [-0.4, -0.2) is 45.7 Å². The summed E-state index contributed by atoms with van der Waals surface area (Å²) in [5.74, 6) is 1.73. The van der Waals surface area contributed by atoms with E-state index in [2.05, 4.69) is 34.6 Å². The van der Waals surface area contributed by atoms with E-state index in [1.165, 1.54) is 26.2 Å². The number of rotatable bonds is 2. The second-order valence-corrected chi connectivity index (χ2v) is 17.0. The van der Waals surface area contributed by atoms with Crippen molar-refractivity contribution < 1.29 is 24.5 Å². The first kappa shape index (κ1) is 26.3. The molecule has 214 valence electrons. The van der Waals surface area contributed by atoms with E-state index in [0.717, 1.165) is 38.5 Å². The molecule has 0 unspecified atom stereocenters. The zero-order valence-corrected chi connectivity index (χ0v) is 25.1. The number of esters is 1. The molecule has 7 fully saturated rings. The van der Waals surface area contributed by atoms with Gasteiger partial charge in [-0.2, -0.15) is 0 Å². The van der Waals surface area contributed by atoms with Crippen LogP contribution in [0.3, 0.4) is 0 Å². The third-order valence-corrected chi connectivity index (χ3v) is 15.3. The average molecular weight is 529 g/mol. The first-order valence-corrected chi connectivity index (χ1v) is 15.8. The summed E-state index contributed by atoms with van der Waals surface area (Å²) in [7, 11) is 0. The number of aliphatic hydroxyl groups is 2. The summed E-state index contributed by atoms with van der Waals surface area (Å²) in [5.41, 5.74) is -0.718. The zero-order chi connectivity index (χ0) is 27.5. The van der Waals surface area contributed by atoms with Crippen molar-refractivity contribution in [2.45, 2.75) is 143 Å². The average Bonchev–Trinajstić information content (AvgIpc) is 3.33. The van der Waals surface area contributed by atoms with E-state index >= 15 is 0 Å². The van der Waals surface area contributed by atoms with Crippen LogP contribution in [0.1, 0.15) is 113 Å². The third-order valence-electron chi connectivity index (χ3n) is 15.3.